The summed E-state index contributed by atoms with van der Waals surface area (Å²) in [5, 5.41) is 12.8. The van der Waals surface area contributed by atoms with E-state index in [-0.39, 0.29) is 6.04 Å². The van der Waals surface area contributed by atoms with Crippen molar-refractivity contribution in [3.8, 4) is 5.75 Å². The first-order valence-corrected chi connectivity index (χ1v) is 7.15. The molecule has 2 rings (SSSR count). The van der Waals surface area contributed by atoms with Crippen molar-refractivity contribution in [2.45, 2.75) is 45.7 Å². The van der Waals surface area contributed by atoms with Crippen LogP contribution in [0.15, 0.2) is 40.8 Å². The zero-order chi connectivity index (χ0) is 14.5. The molecule has 3 nitrogen and oxygen atoms in total. The van der Waals surface area contributed by atoms with Crippen LogP contribution in [0, 0.1) is 6.92 Å². The molecule has 2 atom stereocenters. The lowest BCUT2D eigenvalue weighted by molar-refractivity contribution is 0.380. The SMILES string of the molecule is Cc1ccc(C(C)NC(C)CCc2ccc(O)cc2)o1. The average molecular weight is 273 g/mol. The molecular weight excluding hydrogens is 250 g/mol. The number of aryl methyl sites for hydroxylation is 2. The molecule has 0 aliphatic heterocycles. The zero-order valence-corrected chi connectivity index (χ0v) is 12.4. The first-order chi connectivity index (χ1) is 9.54. The minimum atomic E-state index is 0.221. The highest BCUT2D eigenvalue weighted by Crippen LogP contribution is 2.17. The number of nitrogens with one attached hydrogen (secondary N) is 1. The molecule has 2 unspecified atom stereocenters. The fourth-order valence-corrected chi connectivity index (χ4v) is 2.32. The van der Waals surface area contributed by atoms with Crippen LogP contribution in [0.5, 0.6) is 5.75 Å². The van der Waals surface area contributed by atoms with E-state index in [1.807, 2.05) is 31.2 Å². The van der Waals surface area contributed by atoms with E-state index in [2.05, 4.69) is 19.2 Å². The molecule has 0 saturated heterocycles. The summed E-state index contributed by atoms with van der Waals surface area (Å²) in [5.74, 6) is 2.26. The highest BCUT2D eigenvalue weighted by Gasteiger charge is 2.12. The zero-order valence-electron chi connectivity index (χ0n) is 12.4. The van der Waals surface area contributed by atoms with Crippen molar-refractivity contribution in [1.29, 1.82) is 0 Å². The van der Waals surface area contributed by atoms with E-state index in [1.54, 1.807) is 12.1 Å². The lowest BCUT2D eigenvalue weighted by atomic mass is 10.1. The molecular formula is C17H23NO2. The van der Waals surface area contributed by atoms with E-state index in [4.69, 9.17) is 4.42 Å². The van der Waals surface area contributed by atoms with Gasteiger partial charge in [0.1, 0.15) is 17.3 Å². The molecule has 1 aromatic carbocycles. The van der Waals surface area contributed by atoms with E-state index in [0.717, 1.165) is 24.4 Å². The molecule has 0 amide bonds. The Kier molecular flexibility index (Phi) is 4.85. The molecule has 0 aliphatic carbocycles. The third-order valence-electron chi connectivity index (χ3n) is 3.52. The number of aromatic hydroxyl groups is 1. The summed E-state index contributed by atoms with van der Waals surface area (Å²) in [7, 11) is 0. The summed E-state index contributed by atoms with van der Waals surface area (Å²) in [6, 6.07) is 12.1. The van der Waals surface area contributed by atoms with Crippen LogP contribution in [0.2, 0.25) is 0 Å². The molecule has 1 heterocycles. The van der Waals surface area contributed by atoms with Gasteiger partial charge in [-0.05, 0) is 63.4 Å². The van der Waals surface area contributed by atoms with Crippen molar-refractivity contribution in [3.63, 3.8) is 0 Å². The van der Waals surface area contributed by atoms with E-state index < -0.39 is 0 Å². The minimum absolute atomic E-state index is 0.221. The normalized spacial score (nSPS) is 14.2. The molecule has 108 valence electrons. The van der Waals surface area contributed by atoms with Gasteiger partial charge in [0.2, 0.25) is 0 Å². The van der Waals surface area contributed by atoms with Gasteiger partial charge in [0.25, 0.3) is 0 Å². The summed E-state index contributed by atoms with van der Waals surface area (Å²) in [4.78, 5) is 0. The molecule has 3 heteroatoms. The number of phenols is 1. The Labute approximate surface area is 120 Å². The van der Waals surface area contributed by atoms with Gasteiger partial charge in [0, 0.05) is 6.04 Å². The maximum absolute atomic E-state index is 9.26. The van der Waals surface area contributed by atoms with Crippen LogP contribution in [0.1, 0.15) is 43.4 Å². The summed E-state index contributed by atoms with van der Waals surface area (Å²) >= 11 is 0. The molecule has 0 bridgehead atoms. The van der Waals surface area contributed by atoms with Crippen LogP contribution in [0.25, 0.3) is 0 Å². The predicted octanol–water partition coefficient (Wildman–Crippen LogP) is 3.97. The second-order valence-corrected chi connectivity index (χ2v) is 5.44. The van der Waals surface area contributed by atoms with Gasteiger partial charge in [-0.3, -0.25) is 0 Å². The summed E-state index contributed by atoms with van der Waals surface area (Å²) in [6.07, 6.45) is 2.05. The summed E-state index contributed by atoms with van der Waals surface area (Å²) < 4.78 is 5.63. The summed E-state index contributed by atoms with van der Waals surface area (Å²) in [5.41, 5.74) is 1.25. The Bertz CT molecular complexity index is 530. The smallest absolute Gasteiger partial charge is 0.120 e. The Hall–Kier alpha value is -1.74. The lowest BCUT2D eigenvalue weighted by Gasteiger charge is -2.18. The quantitative estimate of drug-likeness (QED) is 0.837. The van der Waals surface area contributed by atoms with Crippen LogP contribution in [0.3, 0.4) is 0 Å². The molecule has 0 spiro atoms. The maximum Gasteiger partial charge on any atom is 0.120 e. The number of phenolic OH excluding ortho intramolecular Hbond substituents is 1. The third-order valence-corrected chi connectivity index (χ3v) is 3.52. The molecule has 20 heavy (non-hydrogen) atoms. The van der Waals surface area contributed by atoms with Gasteiger partial charge in [-0.15, -0.1) is 0 Å². The van der Waals surface area contributed by atoms with Crippen LogP contribution >= 0.6 is 0 Å². The molecule has 1 aromatic heterocycles. The average Bonchev–Trinajstić information content (AvgIpc) is 2.85. The van der Waals surface area contributed by atoms with E-state index in [0.29, 0.717) is 11.8 Å². The van der Waals surface area contributed by atoms with Gasteiger partial charge in [-0.2, -0.15) is 0 Å². The highest BCUT2D eigenvalue weighted by atomic mass is 16.3. The number of rotatable bonds is 6. The number of benzene rings is 1. The minimum Gasteiger partial charge on any atom is -0.508 e. The topological polar surface area (TPSA) is 45.4 Å². The van der Waals surface area contributed by atoms with Crippen LogP contribution < -0.4 is 5.32 Å². The van der Waals surface area contributed by atoms with Crippen LogP contribution in [-0.4, -0.2) is 11.1 Å². The van der Waals surface area contributed by atoms with Crippen molar-refractivity contribution < 1.29 is 9.52 Å². The fraction of sp³-hybridized carbons (Fsp3) is 0.412. The maximum atomic E-state index is 9.26. The van der Waals surface area contributed by atoms with Crippen molar-refractivity contribution in [2.24, 2.45) is 0 Å². The Morgan fingerprint density at radius 2 is 1.80 bits per heavy atom. The van der Waals surface area contributed by atoms with Gasteiger partial charge < -0.3 is 14.8 Å². The first-order valence-electron chi connectivity index (χ1n) is 7.15. The Morgan fingerprint density at radius 1 is 1.10 bits per heavy atom. The van der Waals surface area contributed by atoms with Crippen molar-refractivity contribution >= 4 is 0 Å². The molecule has 0 radical (unpaired) electrons. The van der Waals surface area contributed by atoms with Crippen molar-refractivity contribution in [3.05, 3.63) is 53.5 Å². The largest absolute Gasteiger partial charge is 0.508 e. The molecule has 2 aromatic rings. The predicted molar refractivity (Wildman–Crippen MR) is 80.9 cm³/mol. The van der Waals surface area contributed by atoms with Gasteiger partial charge >= 0.3 is 0 Å². The van der Waals surface area contributed by atoms with Gasteiger partial charge in [0.05, 0.1) is 6.04 Å². The Morgan fingerprint density at radius 3 is 2.40 bits per heavy atom. The van der Waals surface area contributed by atoms with Crippen molar-refractivity contribution in [2.75, 3.05) is 0 Å². The molecule has 0 fully saturated rings. The lowest BCUT2D eigenvalue weighted by Crippen LogP contribution is -2.29. The molecule has 2 N–H and O–H groups in total. The highest BCUT2D eigenvalue weighted by molar-refractivity contribution is 5.25. The first kappa shape index (κ1) is 14.7. The molecule has 0 saturated carbocycles. The van der Waals surface area contributed by atoms with Crippen LogP contribution in [-0.2, 0) is 6.42 Å². The number of hydrogen-bond donors (Lipinski definition) is 2. The standard InChI is InChI=1S/C17H23NO2/c1-12(4-6-15-7-9-16(19)10-8-15)18-14(3)17-11-5-13(2)20-17/h5,7-12,14,18-19H,4,6H2,1-3H3. The second-order valence-electron chi connectivity index (χ2n) is 5.44. The number of hydrogen-bond acceptors (Lipinski definition) is 3. The van der Waals surface area contributed by atoms with Crippen LogP contribution in [0.4, 0.5) is 0 Å². The monoisotopic (exact) mass is 273 g/mol. The van der Waals surface area contributed by atoms with E-state index >= 15 is 0 Å². The second kappa shape index (κ2) is 6.62. The fourth-order valence-electron chi connectivity index (χ4n) is 2.32. The van der Waals surface area contributed by atoms with Gasteiger partial charge in [0.15, 0.2) is 0 Å². The number of furan rings is 1. The summed E-state index contributed by atoms with van der Waals surface area (Å²) in [6.45, 7) is 6.27. The van der Waals surface area contributed by atoms with Gasteiger partial charge in [-0.25, -0.2) is 0 Å². The Balaban J connectivity index is 1.80. The third kappa shape index (κ3) is 4.14. The molecule has 0 aliphatic rings. The van der Waals surface area contributed by atoms with Crippen molar-refractivity contribution in [1.82, 2.24) is 5.32 Å². The van der Waals surface area contributed by atoms with E-state index in [1.165, 1.54) is 5.56 Å². The van der Waals surface area contributed by atoms with E-state index in [9.17, 15) is 5.11 Å². The van der Waals surface area contributed by atoms with Gasteiger partial charge in [-0.1, -0.05) is 12.1 Å².